The van der Waals surface area contributed by atoms with E-state index in [2.05, 4.69) is 60.3 Å². The van der Waals surface area contributed by atoms with Crippen LogP contribution in [0.1, 0.15) is 113 Å². The van der Waals surface area contributed by atoms with Gasteiger partial charge in [0.15, 0.2) is 0 Å². The highest BCUT2D eigenvalue weighted by atomic mass is 16.4. The summed E-state index contributed by atoms with van der Waals surface area (Å²) in [7, 11) is 0. The highest BCUT2D eigenvalue weighted by Gasteiger charge is 2.56. The molecule has 26 heavy (non-hydrogen) atoms. The monoisotopic (exact) mass is 367 g/mol. The van der Waals surface area contributed by atoms with Gasteiger partial charge in [-0.05, 0) is 63.3 Å². The molecule has 0 radical (unpaired) electrons. The molecule has 2 atom stereocenters. The van der Waals surface area contributed by atoms with Crippen molar-refractivity contribution in [3.63, 3.8) is 0 Å². The van der Waals surface area contributed by atoms with E-state index in [1.165, 1.54) is 38.6 Å². The third-order valence-corrected chi connectivity index (χ3v) is 5.66. The number of nitrogens with zero attached hydrogens (tertiary/aromatic N) is 1. The largest absolute Gasteiger partial charge is 0.481 e. The molecule has 3 heteroatoms. The van der Waals surface area contributed by atoms with Crippen LogP contribution in [0.25, 0.3) is 0 Å². The Morgan fingerprint density at radius 3 is 1.69 bits per heavy atom. The Morgan fingerprint density at radius 2 is 1.27 bits per heavy atom. The number of carboxylic acids is 1. The first-order valence-corrected chi connectivity index (χ1v) is 10.7. The molecular formula is C23H45NO2. The van der Waals surface area contributed by atoms with Gasteiger partial charge in [-0.2, -0.15) is 0 Å². The number of carboxylic acid groups (broad SMARTS) is 1. The van der Waals surface area contributed by atoms with Crippen molar-refractivity contribution < 1.29 is 9.90 Å². The van der Waals surface area contributed by atoms with Crippen molar-refractivity contribution >= 4 is 5.97 Å². The SMILES string of the molecule is CC(C)(C)CC1(C)CC(C)(CC(C)(C)C)N1CCCCCCCC(=O)O. The Balaban J connectivity index is 2.58. The van der Waals surface area contributed by atoms with E-state index in [-0.39, 0.29) is 0 Å². The van der Waals surface area contributed by atoms with E-state index >= 15 is 0 Å². The van der Waals surface area contributed by atoms with Gasteiger partial charge in [0.1, 0.15) is 0 Å². The Labute approximate surface area is 162 Å². The first-order valence-electron chi connectivity index (χ1n) is 10.7. The third kappa shape index (κ3) is 7.58. The lowest BCUT2D eigenvalue weighted by Crippen LogP contribution is -2.72. The minimum Gasteiger partial charge on any atom is -0.481 e. The summed E-state index contributed by atoms with van der Waals surface area (Å²) in [5.41, 5.74) is 1.35. The molecule has 1 saturated heterocycles. The molecule has 2 unspecified atom stereocenters. The van der Waals surface area contributed by atoms with Crippen LogP contribution in [-0.4, -0.2) is 33.6 Å². The lowest BCUT2D eigenvalue weighted by Gasteiger charge is -2.66. The molecule has 0 aliphatic carbocycles. The Bertz CT molecular complexity index is 432. The zero-order valence-electron chi connectivity index (χ0n) is 18.9. The third-order valence-electron chi connectivity index (χ3n) is 5.66. The summed E-state index contributed by atoms with van der Waals surface area (Å²) >= 11 is 0. The van der Waals surface area contributed by atoms with E-state index in [1.54, 1.807) is 0 Å². The highest BCUT2D eigenvalue weighted by molar-refractivity contribution is 5.66. The summed E-state index contributed by atoms with van der Waals surface area (Å²) in [5, 5.41) is 8.72. The van der Waals surface area contributed by atoms with Gasteiger partial charge in [0, 0.05) is 17.5 Å². The fraction of sp³-hybridized carbons (Fsp3) is 0.957. The van der Waals surface area contributed by atoms with E-state index in [9.17, 15) is 4.79 Å². The van der Waals surface area contributed by atoms with Crippen LogP contribution in [0.4, 0.5) is 0 Å². The Kier molecular flexibility index (Phi) is 7.79. The quantitative estimate of drug-likeness (QED) is 0.448. The summed E-state index contributed by atoms with van der Waals surface area (Å²) in [4.78, 5) is 13.4. The van der Waals surface area contributed by atoms with Crippen molar-refractivity contribution in [2.24, 2.45) is 10.8 Å². The van der Waals surface area contributed by atoms with Crippen LogP contribution >= 0.6 is 0 Å². The maximum absolute atomic E-state index is 10.6. The van der Waals surface area contributed by atoms with E-state index < -0.39 is 5.97 Å². The lowest BCUT2D eigenvalue weighted by molar-refractivity contribution is -0.157. The fourth-order valence-corrected chi connectivity index (χ4v) is 5.79. The molecule has 1 rings (SSSR count). The molecule has 0 aromatic rings. The zero-order valence-corrected chi connectivity index (χ0v) is 18.9. The lowest BCUT2D eigenvalue weighted by atomic mass is 9.60. The average Bonchev–Trinajstić information content (AvgIpc) is 2.36. The number of rotatable bonds is 10. The summed E-state index contributed by atoms with van der Waals surface area (Å²) in [5.74, 6) is -0.665. The molecule has 1 aliphatic heterocycles. The Hall–Kier alpha value is -0.570. The molecule has 0 spiro atoms. The molecule has 0 saturated carbocycles. The van der Waals surface area contributed by atoms with Gasteiger partial charge in [-0.3, -0.25) is 9.69 Å². The van der Waals surface area contributed by atoms with Crippen molar-refractivity contribution in [1.29, 1.82) is 0 Å². The first-order chi connectivity index (χ1) is 11.7. The van der Waals surface area contributed by atoms with Crippen LogP contribution in [0.2, 0.25) is 0 Å². The molecule has 0 bridgehead atoms. The van der Waals surface area contributed by atoms with Crippen LogP contribution < -0.4 is 0 Å². The number of likely N-dealkylation sites (tertiary alicyclic amines) is 1. The number of carbonyl (C=O) groups is 1. The van der Waals surface area contributed by atoms with E-state index in [0.29, 0.717) is 28.3 Å². The highest BCUT2D eigenvalue weighted by Crippen LogP contribution is 2.53. The molecule has 1 N–H and O–H groups in total. The number of hydrogen-bond donors (Lipinski definition) is 1. The van der Waals surface area contributed by atoms with Crippen molar-refractivity contribution in [2.75, 3.05) is 6.54 Å². The van der Waals surface area contributed by atoms with Gasteiger partial charge in [0.05, 0.1) is 0 Å². The summed E-state index contributed by atoms with van der Waals surface area (Å²) < 4.78 is 0. The molecule has 1 aliphatic rings. The van der Waals surface area contributed by atoms with Crippen LogP contribution in [0.15, 0.2) is 0 Å². The zero-order chi connectivity index (χ0) is 20.2. The number of aliphatic carboxylic acids is 1. The van der Waals surface area contributed by atoms with Crippen LogP contribution in [-0.2, 0) is 4.79 Å². The predicted molar refractivity (Wildman–Crippen MR) is 112 cm³/mol. The Morgan fingerprint density at radius 1 is 0.846 bits per heavy atom. The molecule has 1 heterocycles. The molecule has 1 fully saturated rings. The van der Waals surface area contributed by atoms with Gasteiger partial charge in [-0.15, -0.1) is 0 Å². The summed E-state index contributed by atoms with van der Waals surface area (Å²) in [6.07, 6.45) is 9.59. The van der Waals surface area contributed by atoms with Gasteiger partial charge in [-0.1, -0.05) is 60.8 Å². The van der Waals surface area contributed by atoms with Crippen LogP contribution in [0, 0.1) is 10.8 Å². The summed E-state index contributed by atoms with van der Waals surface area (Å²) in [6, 6.07) is 0. The van der Waals surface area contributed by atoms with Gasteiger partial charge < -0.3 is 5.11 Å². The normalized spacial score (nSPS) is 27.4. The number of hydrogen-bond acceptors (Lipinski definition) is 2. The average molecular weight is 368 g/mol. The van der Waals surface area contributed by atoms with Crippen molar-refractivity contribution in [2.45, 2.75) is 124 Å². The van der Waals surface area contributed by atoms with Crippen LogP contribution in [0.5, 0.6) is 0 Å². The minimum absolute atomic E-state index is 0.319. The first kappa shape index (κ1) is 23.5. The second-order valence-corrected chi connectivity index (χ2v) is 11.7. The van der Waals surface area contributed by atoms with Gasteiger partial charge in [0.25, 0.3) is 0 Å². The molecule has 154 valence electrons. The fourth-order valence-electron chi connectivity index (χ4n) is 5.79. The molecule has 0 aromatic heterocycles. The molecule has 0 amide bonds. The van der Waals surface area contributed by atoms with Crippen molar-refractivity contribution in [3.8, 4) is 0 Å². The maximum Gasteiger partial charge on any atom is 0.303 e. The topological polar surface area (TPSA) is 40.5 Å². The van der Waals surface area contributed by atoms with Crippen molar-refractivity contribution in [3.05, 3.63) is 0 Å². The molecular weight excluding hydrogens is 322 g/mol. The van der Waals surface area contributed by atoms with Crippen molar-refractivity contribution in [1.82, 2.24) is 4.90 Å². The van der Waals surface area contributed by atoms with Gasteiger partial charge in [0.2, 0.25) is 0 Å². The van der Waals surface area contributed by atoms with Crippen LogP contribution in [0.3, 0.4) is 0 Å². The van der Waals surface area contributed by atoms with E-state index in [4.69, 9.17) is 5.11 Å². The second-order valence-electron chi connectivity index (χ2n) is 11.7. The smallest absolute Gasteiger partial charge is 0.303 e. The van der Waals surface area contributed by atoms with E-state index in [0.717, 1.165) is 19.3 Å². The predicted octanol–water partition coefficient (Wildman–Crippen LogP) is 6.51. The van der Waals surface area contributed by atoms with E-state index in [1.807, 2.05) is 0 Å². The standard InChI is InChI=1S/C23H45NO2/c1-20(2,3)16-22(7)18-23(8,17-21(4,5)6)24(22)15-13-11-9-10-12-14-19(25)26/h9-18H2,1-8H3,(H,25,26). The molecule has 0 aromatic carbocycles. The van der Waals surface area contributed by atoms with Gasteiger partial charge in [-0.25, -0.2) is 0 Å². The maximum atomic E-state index is 10.6. The van der Waals surface area contributed by atoms with Gasteiger partial charge >= 0.3 is 5.97 Å². The second kappa shape index (κ2) is 8.63. The number of unbranched alkanes of at least 4 members (excludes halogenated alkanes) is 4. The minimum atomic E-state index is -0.665. The summed E-state index contributed by atoms with van der Waals surface area (Å²) in [6.45, 7) is 20.3. The molecule has 3 nitrogen and oxygen atoms in total.